The van der Waals surface area contributed by atoms with Gasteiger partial charge in [0.15, 0.2) is 0 Å². The third-order valence-electron chi connectivity index (χ3n) is 2.91. The van der Waals surface area contributed by atoms with E-state index in [4.69, 9.17) is 0 Å². The van der Waals surface area contributed by atoms with Crippen molar-refractivity contribution in [3.8, 4) is 0 Å². The standard InChI is InChI=1S/C11H22FNS/c1-11-5-9-14-10-8-13(11)7-4-2-3-6-12/h11H,2-10H2,1H3/t11-/m1/s1. The van der Waals surface area contributed by atoms with Crippen LogP contribution in [0.25, 0.3) is 0 Å². The average Bonchev–Trinajstić information content (AvgIpc) is 2.39. The van der Waals surface area contributed by atoms with Crippen molar-refractivity contribution < 1.29 is 4.39 Å². The second kappa shape index (κ2) is 7.52. The van der Waals surface area contributed by atoms with E-state index < -0.39 is 0 Å². The van der Waals surface area contributed by atoms with Crippen LogP contribution >= 0.6 is 11.8 Å². The Morgan fingerprint density at radius 3 is 2.93 bits per heavy atom. The SMILES string of the molecule is C[C@@H]1CCSCCN1CCCCCF. The molecule has 0 amide bonds. The maximum atomic E-state index is 11.9. The molecule has 0 aromatic carbocycles. The normalized spacial score (nSPS) is 24.9. The van der Waals surface area contributed by atoms with Gasteiger partial charge in [-0.15, -0.1) is 0 Å². The highest BCUT2D eigenvalue weighted by atomic mass is 32.2. The molecule has 0 radical (unpaired) electrons. The van der Waals surface area contributed by atoms with E-state index in [0.717, 1.165) is 18.9 Å². The minimum absolute atomic E-state index is 0.147. The molecule has 3 heteroatoms. The first-order valence-electron chi connectivity index (χ1n) is 5.72. The van der Waals surface area contributed by atoms with Crippen molar-refractivity contribution in [3.05, 3.63) is 0 Å². The molecule has 1 saturated heterocycles. The summed E-state index contributed by atoms with van der Waals surface area (Å²) in [5.74, 6) is 2.58. The minimum Gasteiger partial charge on any atom is -0.300 e. The lowest BCUT2D eigenvalue weighted by atomic mass is 10.2. The number of hydrogen-bond acceptors (Lipinski definition) is 2. The third kappa shape index (κ3) is 4.65. The summed E-state index contributed by atoms with van der Waals surface area (Å²) < 4.78 is 11.9. The molecule has 0 saturated carbocycles. The maximum absolute atomic E-state index is 11.9. The van der Waals surface area contributed by atoms with E-state index in [9.17, 15) is 4.39 Å². The van der Waals surface area contributed by atoms with Gasteiger partial charge in [0.25, 0.3) is 0 Å². The summed E-state index contributed by atoms with van der Waals surface area (Å²) in [6.45, 7) is 4.57. The summed E-state index contributed by atoms with van der Waals surface area (Å²) in [5.41, 5.74) is 0. The summed E-state index contributed by atoms with van der Waals surface area (Å²) >= 11 is 2.07. The topological polar surface area (TPSA) is 3.24 Å². The quantitative estimate of drug-likeness (QED) is 0.654. The number of alkyl halides is 1. The van der Waals surface area contributed by atoms with Gasteiger partial charge in [-0.3, -0.25) is 9.29 Å². The molecule has 14 heavy (non-hydrogen) atoms. The van der Waals surface area contributed by atoms with Crippen LogP contribution in [0.2, 0.25) is 0 Å². The predicted octanol–water partition coefficient (Wildman–Crippen LogP) is 2.95. The van der Waals surface area contributed by atoms with E-state index in [2.05, 4.69) is 23.6 Å². The zero-order chi connectivity index (χ0) is 10.2. The molecule has 0 spiro atoms. The Morgan fingerprint density at radius 2 is 2.14 bits per heavy atom. The van der Waals surface area contributed by atoms with E-state index in [1.54, 1.807) is 0 Å². The van der Waals surface area contributed by atoms with Gasteiger partial charge >= 0.3 is 0 Å². The van der Waals surface area contributed by atoms with Gasteiger partial charge in [-0.05, 0) is 44.9 Å². The molecule has 0 aliphatic carbocycles. The monoisotopic (exact) mass is 219 g/mol. The fourth-order valence-corrected chi connectivity index (χ4v) is 2.93. The molecule has 0 aromatic heterocycles. The van der Waals surface area contributed by atoms with Crippen molar-refractivity contribution in [2.75, 3.05) is 31.3 Å². The van der Waals surface area contributed by atoms with Crippen molar-refractivity contribution in [2.45, 2.75) is 38.6 Å². The molecule has 1 aliphatic rings. The summed E-state index contributed by atoms with van der Waals surface area (Å²) in [6, 6.07) is 0.732. The van der Waals surface area contributed by atoms with Gasteiger partial charge in [-0.2, -0.15) is 11.8 Å². The Kier molecular flexibility index (Phi) is 6.61. The molecule has 0 unspecified atom stereocenters. The molecule has 1 fully saturated rings. The highest BCUT2D eigenvalue weighted by Crippen LogP contribution is 2.16. The van der Waals surface area contributed by atoms with Crippen LogP contribution < -0.4 is 0 Å². The van der Waals surface area contributed by atoms with Crippen LogP contribution in [0.15, 0.2) is 0 Å². The first-order valence-corrected chi connectivity index (χ1v) is 6.88. The van der Waals surface area contributed by atoms with Crippen LogP contribution in [-0.2, 0) is 0 Å². The highest BCUT2D eigenvalue weighted by molar-refractivity contribution is 7.99. The van der Waals surface area contributed by atoms with E-state index in [1.165, 1.54) is 37.4 Å². The Morgan fingerprint density at radius 1 is 1.29 bits per heavy atom. The number of rotatable bonds is 5. The number of nitrogens with zero attached hydrogens (tertiary/aromatic N) is 1. The Balaban J connectivity index is 2.13. The lowest BCUT2D eigenvalue weighted by molar-refractivity contribution is 0.215. The summed E-state index contributed by atoms with van der Waals surface area (Å²) in [4.78, 5) is 2.57. The largest absolute Gasteiger partial charge is 0.300 e. The molecule has 1 heterocycles. The van der Waals surface area contributed by atoms with Gasteiger partial charge in [0.2, 0.25) is 0 Å². The molecular weight excluding hydrogens is 197 g/mol. The van der Waals surface area contributed by atoms with Crippen LogP contribution in [0, 0.1) is 0 Å². The molecular formula is C11H22FNS. The molecule has 1 atom stereocenters. The van der Waals surface area contributed by atoms with Crippen LogP contribution in [0.4, 0.5) is 4.39 Å². The number of halogens is 1. The van der Waals surface area contributed by atoms with Gasteiger partial charge in [-0.1, -0.05) is 0 Å². The van der Waals surface area contributed by atoms with E-state index >= 15 is 0 Å². The second-order valence-corrected chi connectivity index (χ2v) is 5.26. The minimum atomic E-state index is -0.147. The zero-order valence-corrected chi connectivity index (χ0v) is 9.99. The smallest absolute Gasteiger partial charge is 0.0894 e. The first-order chi connectivity index (χ1) is 6.84. The second-order valence-electron chi connectivity index (χ2n) is 4.04. The highest BCUT2D eigenvalue weighted by Gasteiger charge is 2.15. The first kappa shape index (κ1) is 12.3. The molecule has 1 aliphatic heterocycles. The average molecular weight is 219 g/mol. The predicted molar refractivity (Wildman–Crippen MR) is 62.8 cm³/mol. The van der Waals surface area contributed by atoms with Gasteiger partial charge in [-0.25, -0.2) is 0 Å². The molecule has 0 bridgehead atoms. The van der Waals surface area contributed by atoms with Crippen molar-refractivity contribution in [2.24, 2.45) is 0 Å². The number of unbranched alkanes of at least 4 members (excludes halogenated alkanes) is 2. The fraction of sp³-hybridized carbons (Fsp3) is 1.00. The van der Waals surface area contributed by atoms with Crippen LogP contribution in [-0.4, -0.2) is 42.2 Å². The lowest BCUT2D eigenvalue weighted by Gasteiger charge is -2.26. The molecule has 1 rings (SSSR count). The summed E-state index contributed by atoms with van der Waals surface area (Å²) in [5, 5.41) is 0. The van der Waals surface area contributed by atoms with Gasteiger partial charge in [0.05, 0.1) is 6.67 Å². The van der Waals surface area contributed by atoms with Crippen LogP contribution in [0.1, 0.15) is 32.6 Å². The molecule has 0 aromatic rings. The van der Waals surface area contributed by atoms with Gasteiger partial charge < -0.3 is 0 Å². The van der Waals surface area contributed by atoms with E-state index in [-0.39, 0.29) is 6.67 Å². The number of hydrogen-bond donors (Lipinski definition) is 0. The number of thioether (sulfide) groups is 1. The summed E-state index contributed by atoms with van der Waals surface area (Å²) in [6.07, 6.45) is 4.27. The van der Waals surface area contributed by atoms with E-state index in [1.807, 2.05) is 0 Å². The molecule has 84 valence electrons. The van der Waals surface area contributed by atoms with Crippen molar-refractivity contribution in [3.63, 3.8) is 0 Å². The van der Waals surface area contributed by atoms with Gasteiger partial charge in [0, 0.05) is 18.3 Å². The fourth-order valence-electron chi connectivity index (χ4n) is 1.86. The zero-order valence-electron chi connectivity index (χ0n) is 9.17. The van der Waals surface area contributed by atoms with Gasteiger partial charge in [0.1, 0.15) is 0 Å². The molecule has 1 nitrogen and oxygen atoms in total. The van der Waals surface area contributed by atoms with Crippen molar-refractivity contribution in [1.29, 1.82) is 0 Å². The van der Waals surface area contributed by atoms with Crippen molar-refractivity contribution >= 4 is 11.8 Å². The lowest BCUT2D eigenvalue weighted by Crippen LogP contribution is -2.34. The third-order valence-corrected chi connectivity index (χ3v) is 3.90. The Labute approximate surface area is 91.4 Å². The van der Waals surface area contributed by atoms with E-state index in [0.29, 0.717) is 0 Å². The Bertz CT molecular complexity index is 143. The molecule has 0 N–H and O–H groups in total. The maximum Gasteiger partial charge on any atom is 0.0894 e. The van der Waals surface area contributed by atoms with Crippen LogP contribution in [0.5, 0.6) is 0 Å². The van der Waals surface area contributed by atoms with Crippen molar-refractivity contribution in [1.82, 2.24) is 4.90 Å². The van der Waals surface area contributed by atoms with Crippen LogP contribution in [0.3, 0.4) is 0 Å². The Hall–Kier alpha value is 0.240. The summed E-state index contributed by atoms with van der Waals surface area (Å²) in [7, 11) is 0.